The molecule has 0 radical (unpaired) electrons. The number of nitrogens with zero attached hydrogens (tertiary/aromatic N) is 1. The van der Waals surface area contributed by atoms with Crippen molar-refractivity contribution in [3.63, 3.8) is 0 Å². The molecule has 4 rings (SSSR count). The fourth-order valence-corrected chi connectivity index (χ4v) is 3.41. The van der Waals surface area contributed by atoms with E-state index in [1.807, 2.05) is 22.4 Å². The topological polar surface area (TPSA) is 59.8 Å². The summed E-state index contributed by atoms with van der Waals surface area (Å²) in [7, 11) is 0. The monoisotopic (exact) mass is 355 g/mol. The van der Waals surface area contributed by atoms with Crippen molar-refractivity contribution in [1.29, 1.82) is 0 Å². The molecule has 0 bridgehead atoms. The molecule has 5 nitrogen and oxygen atoms in total. The predicted molar refractivity (Wildman–Crippen MR) is 95.9 cm³/mol. The van der Waals surface area contributed by atoms with Gasteiger partial charge in [0.05, 0.1) is 0 Å². The maximum absolute atomic E-state index is 12.6. The van der Waals surface area contributed by atoms with Crippen LogP contribution in [0.3, 0.4) is 0 Å². The molecule has 1 fully saturated rings. The van der Waals surface area contributed by atoms with Crippen molar-refractivity contribution in [3.8, 4) is 5.75 Å². The Hall–Kier alpha value is -2.60. The molecule has 25 heavy (non-hydrogen) atoms. The van der Waals surface area contributed by atoms with E-state index in [1.165, 1.54) is 6.07 Å². The van der Waals surface area contributed by atoms with Gasteiger partial charge in [0.25, 0.3) is 5.91 Å². The first-order valence-electron chi connectivity index (χ1n) is 8.16. The average Bonchev–Trinajstić information content (AvgIpc) is 3.33. The van der Waals surface area contributed by atoms with Crippen LogP contribution in [0.15, 0.2) is 56.4 Å². The van der Waals surface area contributed by atoms with Gasteiger partial charge in [0.15, 0.2) is 6.61 Å². The van der Waals surface area contributed by atoms with E-state index >= 15 is 0 Å². The number of benzene rings is 1. The summed E-state index contributed by atoms with van der Waals surface area (Å²) in [5.74, 6) is 0.491. The number of thiophene rings is 1. The van der Waals surface area contributed by atoms with Gasteiger partial charge >= 0.3 is 5.63 Å². The minimum atomic E-state index is -0.406. The molecule has 1 aromatic carbocycles. The Bertz CT molecular complexity index is 943. The largest absolute Gasteiger partial charge is 0.484 e. The van der Waals surface area contributed by atoms with Gasteiger partial charge in [-0.05, 0) is 53.4 Å². The highest BCUT2D eigenvalue weighted by Crippen LogP contribution is 2.29. The Morgan fingerprint density at radius 3 is 2.84 bits per heavy atom. The summed E-state index contributed by atoms with van der Waals surface area (Å²) in [4.78, 5) is 25.8. The molecule has 1 aliphatic rings. The summed E-state index contributed by atoms with van der Waals surface area (Å²) < 4.78 is 10.8. The van der Waals surface area contributed by atoms with E-state index in [2.05, 4.69) is 5.38 Å². The van der Waals surface area contributed by atoms with Crippen LogP contribution >= 0.6 is 11.3 Å². The van der Waals surface area contributed by atoms with Crippen LogP contribution < -0.4 is 10.4 Å². The maximum Gasteiger partial charge on any atom is 0.336 e. The highest BCUT2D eigenvalue weighted by Gasteiger charge is 2.32. The standard InChI is InChI=1S/C19H17NO4S/c21-18(20(15-3-4-15)10-13-7-8-25-12-13)11-23-16-5-1-14-2-6-19(22)24-17(14)9-16/h1-2,5-9,12,15H,3-4,10-11H2. The molecule has 2 aromatic heterocycles. The maximum atomic E-state index is 12.6. The van der Waals surface area contributed by atoms with Crippen molar-refractivity contribution in [2.75, 3.05) is 6.61 Å². The van der Waals surface area contributed by atoms with Crippen LogP contribution in [0.2, 0.25) is 0 Å². The van der Waals surface area contributed by atoms with Crippen molar-refractivity contribution in [1.82, 2.24) is 4.90 Å². The van der Waals surface area contributed by atoms with Gasteiger partial charge in [-0.25, -0.2) is 4.79 Å². The van der Waals surface area contributed by atoms with Crippen LogP contribution in [0, 0.1) is 0 Å². The lowest BCUT2D eigenvalue weighted by molar-refractivity contribution is -0.134. The number of carbonyl (C=O) groups is 1. The molecule has 0 spiro atoms. The second-order valence-corrected chi connectivity index (χ2v) is 6.91. The minimum absolute atomic E-state index is 0.0246. The zero-order chi connectivity index (χ0) is 17.2. The third-order valence-electron chi connectivity index (χ3n) is 4.20. The molecule has 1 amide bonds. The summed E-state index contributed by atoms with van der Waals surface area (Å²) in [5.41, 5.74) is 1.20. The number of hydrogen-bond acceptors (Lipinski definition) is 5. The van der Waals surface area contributed by atoms with Crippen LogP contribution in [0.5, 0.6) is 5.75 Å². The second kappa shape index (κ2) is 6.72. The first-order valence-corrected chi connectivity index (χ1v) is 9.10. The Labute approximate surface area is 148 Å². The summed E-state index contributed by atoms with van der Waals surface area (Å²) in [5, 5.41) is 4.90. The molecule has 1 saturated carbocycles. The van der Waals surface area contributed by atoms with Crippen LogP contribution in [-0.4, -0.2) is 23.5 Å². The van der Waals surface area contributed by atoms with Gasteiger partial charge in [-0.2, -0.15) is 11.3 Å². The molecule has 1 aliphatic carbocycles. The van der Waals surface area contributed by atoms with Gasteiger partial charge in [0, 0.05) is 30.1 Å². The fourth-order valence-electron chi connectivity index (χ4n) is 2.75. The van der Waals surface area contributed by atoms with Crippen molar-refractivity contribution < 1.29 is 13.9 Å². The van der Waals surface area contributed by atoms with E-state index in [0.29, 0.717) is 23.9 Å². The fraction of sp³-hybridized carbons (Fsp3) is 0.263. The summed E-state index contributed by atoms with van der Waals surface area (Å²) >= 11 is 1.63. The molecule has 2 heterocycles. The Morgan fingerprint density at radius 2 is 2.08 bits per heavy atom. The third-order valence-corrected chi connectivity index (χ3v) is 4.93. The van der Waals surface area contributed by atoms with Gasteiger partial charge < -0.3 is 14.1 Å². The lowest BCUT2D eigenvalue weighted by Crippen LogP contribution is -2.36. The molecular formula is C19H17NO4S. The Kier molecular flexibility index (Phi) is 4.28. The molecule has 0 unspecified atom stereocenters. The van der Waals surface area contributed by atoms with E-state index in [4.69, 9.17) is 9.15 Å². The van der Waals surface area contributed by atoms with Crippen molar-refractivity contribution in [2.24, 2.45) is 0 Å². The number of ether oxygens (including phenoxy) is 1. The van der Waals surface area contributed by atoms with Crippen molar-refractivity contribution >= 4 is 28.2 Å². The zero-order valence-electron chi connectivity index (χ0n) is 13.5. The smallest absolute Gasteiger partial charge is 0.336 e. The molecule has 0 saturated heterocycles. The normalized spacial score (nSPS) is 13.8. The quantitative estimate of drug-likeness (QED) is 0.636. The SMILES string of the molecule is O=C(COc1ccc2ccc(=O)oc2c1)N(Cc1ccsc1)C1CC1. The molecule has 3 aromatic rings. The lowest BCUT2D eigenvalue weighted by Gasteiger charge is -2.22. The van der Waals surface area contributed by atoms with Crippen molar-refractivity contribution in [3.05, 3.63) is 63.1 Å². The first kappa shape index (κ1) is 15.9. The van der Waals surface area contributed by atoms with Crippen LogP contribution in [0.25, 0.3) is 11.0 Å². The van der Waals surface area contributed by atoms with Gasteiger partial charge in [0.1, 0.15) is 11.3 Å². The number of amides is 1. The van der Waals surface area contributed by atoms with Gasteiger partial charge in [0.2, 0.25) is 0 Å². The second-order valence-electron chi connectivity index (χ2n) is 6.13. The van der Waals surface area contributed by atoms with E-state index < -0.39 is 5.63 Å². The number of hydrogen-bond donors (Lipinski definition) is 0. The molecule has 6 heteroatoms. The Balaban J connectivity index is 1.44. The minimum Gasteiger partial charge on any atom is -0.484 e. The first-order chi connectivity index (χ1) is 12.2. The van der Waals surface area contributed by atoms with Gasteiger partial charge in [-0.3, -0.25) is 4.79 Å². The average molecular weight is 355 g/mol. The number of carbonyl (C=O) groups excluding carboxylic acids is 1. The van der Waals surface area contributed by atoms with Crippen molar-refractivity contribution in [2.45, 2.75) is 25.4 Å². The van der Waals surface area contributed by atoms with Crippen LogP contribution in [0.4, 0.5) is 0 Å². The summed E-state index contributed by atoms with van der Waals surface area (Å²) in [6.45, 7) is 0.603. The van der Waals surface area contributed by atoms with E-state index in [0.717, 1.165) is 23.8 Å². The third kappa shape index (κ3) is 3.74. The summed E-state index contributed by atoms with van der Waals surface area (Å²) in [6.07, 6.45) is 2.11. The van der Waals surface area contributed by atoms with Crippen LogP contribution in [-0.2, 0) is 11.3 Å². The van der Waals surface area contributed by atoms with Gasteiger partial charge in [-0.15, -0.1) is 0 Å². The highest BCUT2D eigenvalue weighted by atomic mass is 32.1. The summed E-state index contributed by atoms with van der Waals surface area (Å²) in [6, 6.07) is 10.7. The number of fused-ring (bicyclic) bond motifs is 1. The predicted octanol–water partition coefficient (Wildman–Crippen LogP) is 3.42. The molecule has 0 aliphatic heterocycles. The van der Waals surface area contributed by atoms with E-state index in [1.54, 1.807) is 29.5 Å². The van der Waals surface area contributed by atoms with Crippen LogP contribution in [0.1, 0.15) is 18.4 Å². The molecule has 0 atom stereocenters. The van der Waals surface area contributed by atoms with Gasteiger partial charge in [-0.1, -0.05) is 0 Å². The van der Waals surface area contributed by atoms with E-state index in [9.17, 15) is 9.59 Å². The zero-order valence-corrected chi connectivity index (χ0v) is 14.3. The molecule has 0 N–H and O–H groups in total. The molecular weight excluding hydrogens is 338 g/mol. The lowest BCUT2D eigenvalue weighted by atomic mass is 10.2. The Morgan fingerprint density at radius 1 is 1.24 bits per heavy atom. The number of rotatable bonds is 6. The highest BCUT2D eigenvalue weighted by molar-refractivity contribution is 7.07. The molecule has 128 valence electrons. The van der Waals surface area contributed by atoms with E-state index in [-0.39, 0.29) is 12.5 Å².